The third kappa shape index (κ3) is 5.45. The number of aromatic hydroxyl groups is 1. The number of hydrogen-bond acceptors (Lipinski definition) is 8. The van der Waals surface area contributed by atoms with E-state index in [0.29, 0.717) is 42.5 Å². The topological polar surface area (TPSA) is 121 Å². The van der Waals surface area contributed by atoms with Crippen LogP contribution in [0.15, 0.2) is 5.57 Å². The molecule has 0 saturated carbocycles. The van der Waals surface area contributed by atoms with Crippen molar-refractivity contribution in [3.8, 4) is 11.8 Å². The van der Waals surface area contributed by atoms with Crippen LogP contribution in [0, 0.1) is 23.7 Å². The zero-order valence-corrected chi connectivity index (χ0v) is 17.5. The number of aliphatic hydroxyl groups excluding tert-OH is 1. The number of ether oxygens (including phenoxy) is 1. The van der Waals surface area contributed by atoms with Crippen molar-refractivity contribution in [2.24, 2.45) is 0 Å². The Balaban J connectivity index is 0.00000392. The summed E-state index contributed by atoms with van der Waals surface area (Å²) in [5, 5.41) is 37.2. The van der Waals surface area contributed by atoms with E-state index in [4.69, 9.17) is 15.3 Å². The summed E-state index contributed by atoms with van der Waals surface area (Å²) in [7, 11) is 0. The summed E-state index contributed by atoms with van der Waals surface area (Å²) in [5.41, 5.74) is 0.229. The Kier molecular flexibility index (Phi) is 9.41. The van der Waals surface area contributed by atoms with Crippen molar-refractivity contribution in [3.05, 3.63) is 20.9 Å². The van der Waals surface area contributed by atoms with Gasteiger partial charge in [0.25, 0.3) is 0 Å². The summed E-state index contributed by atoms with van der Waals surface area (Å²) in [4.78, 5) is 16.8. The lowest BCUT2D eigenvalue weighted by atomic mass is 10.1. The second-order valence-corrected chi connectivity index (χ2v) is 7.29. The second-order valence-electron chi connectivity index (χ2n) is 6.04. The first-order chi connectivity index (χ1) is 12.9. The summed E-state index contributed by atoms with van der Waals surface area (Å²) < 4.78 is 4.96. The number of nitriles is 1. The lowest BCUT2D eigenvalue weighted by Gasteiger charge is -2.35. The van der Waals surface area contributed by atoms with Gasteiger partial charge in [0.05, 0.1) is 23.7 Å². The zero-order valence-electron chi connectivity index (χ0n) is 15.9. The molecule has 1 aromatic heterocycles. The molecule has 2 heterocycles. The SMILES string of the molecule is CCOC(=O)c1c(C)sc(C=C(C#N)C(=N)N2CCN(CCO)CC2)c1O.Cl. The third-order valence-corrected chi connectivity index (χ3v) is 5.36. The number of halogens is 1. The minimum atomic E-state index is -0.600. The van der Waals surface area contributed by atoms with Gasteiger partial charge in [-0.25, -0.2) is 4.79 Å². The van der Waals surface area contributed by atoms with Crippen LogP contribution in [-0.2, 0) is 4.74 Å². The van der Waals surface area contributed by atoms with Crippen LogP contribution in [0.4, 0.5) is 0 Å². The predicted molar refractivity (Wildman–Crippen MR) is 110 cm³/mol. The van der Waals surface area contributed by atoms with Crippen LogP contribution in [0.5, 0.6) is 5.75 Å². The van der Waals surface area contributed by atoms with E-state index in [9.17, 15) is 15.2 Å². The van der Waals surface area contributed by atoms with E-state index >= 15 is 0 Å². The molecule has 1 aliphatic rings. The Labute approximate surface area is 174 Å². The highest BCUT2D eigenvalue weighted by molar-refractivity contribution is 7.13. The van der Waals surface area contributed by atoms with Crippen LogP contribution < -0.4 is 0 Å². The number of nitrogens with zero attached hydrogens (tertiary/aromatic N) is 3. The number of hydrogen-bond donors (Lipinski definition) is 3. The van der Waals surface area contributed by atoms with Gasteiger partial charge in [-0.3, -0.25) is 10.3 Å². The number of aryl methyl sites for hydroxylation is 1. The number of carbonyl (C=O) groups excluding carboxylic acids is 1. The van der Waals surface area contributed by atoms with E-state index in [1.54, 1.807) is 18.7 Å². The van der Waals surface area contributed by atoms with Crippen LogP contribution in [-0.4, -0.2) is 77.8 Å². The fraction of sp³-hybridized carbons (Fsp3) is 0.500. The fourth-order valence-corrected chi connectivity index (χ4v) is 3.87. The van der Waals surface area contributed by atoms with E-state index in [1.165, 1.54) is 17.4 Å². The molecule has 0 radical (unpaired) electrons. The first-order valence-corrected chi connectivity index (χ1v) is 9.52. The molecule has 0 aromatic carbocycles. The molecule has 0 unspecified atom stereocenters. The number of aliphatic hydroxyl groups is 1. The average Bonchev–Trinajstić information content (AvgIpc) is 2.93. The van der Waals surface area contributed by atoms with Crippen molar-refractivity contribution in [3.63, 3.8) is 0 Å². The molecule has 2 rings (SSSR count). The Morgan fingerprint density at radius 1 is 1.39 bits per heavy atom. The van der Waals surface area contributed by atoms with Crippen molar-refractivity contribution in [1.29, 1.82) is 10.7 Å². The summed E-state index contributed by atoms with van der Waals surface area (Å²) in [6, 6.07) is 2.01. The largest absolute Gasteiger partial charge is 0.506 e. The molecule has 10 heteroatoms. The lowest BCUT2D eigenvalue weighted by molar-refractivity contribution is 0.0523. The van der Waals surface area contributed by atoms with Crippen LogP contribution in [0.25, 0.3) is 6.08 Å². The summed E-state index contributed by atoms with van der Waals surface area (Å²) in [5.74, 6) is -0.731. The van der Waals surface area contributed by atoms with Gasteiger partial charge < -0.3 is 19.8 Å². The molecular formula is C18H25ClN4O4S. The smallest absolute Gasteiger partial charge is 0.343 e. The van der Waals surface area contributed by atoms with E-state index in [-0.39, 0.29) is 48.3 Å². The molecule has 0 aliphatic carbocycles. The fourth-order valence-electron chi connectivity index (χ4n) is 2.89. The summed E-state index contributed by atoms with van der Waals surface area (Å²) in [6.45, 7) is 6.87. The van der Waals surface area contributed by atoms with Crippen LogP contribution >= 0.6 is 23.7 Å². The molecule has 154 valence electrons. The number of thiophene rings is 1. The number of rotatable bonds is 6. The molecule has 0 amide bonds. The maximum absolute atomic E-state index is 12.0. The first-order valence-electron chi connectivity index (χ1n) is 8.71. The van der Waals surface area contributed by atoms with Crippen LogP contribution in [0.3, 0.4) is 0 Å². The molecule has 0 spiro atoms. The van der Waals surface area contributed by atoms with Gasteiger partial charge in [0.1, 0.15) is 23.2 Å². The molecule has 0 atom stereocenters. The highest BCUT2D eigenvalue weighted by Gasteiger charge is 2.24. The number of nitrogens with one attached hydrogen (secondary N) is 1. The molecule has 3 N–H and O–H groups in total. The summed E-state index contributed by atoms with van der Waals surface area (Å²) >= 11 is 1.18. The van der Waals surface area contributed by atoms with E-state index < -0.39 is 5.97 Å². The highest BCUT2D eigenvalue weighted by Crippen LogP contribution is 2.36. The van der Waals surface area contributed by atoms with Crippen molar-refractivity contribution >= 4 is 41.6 Å². The Bertz CT molecular complexity index is 779. The number of β-amino-alcohol motifs (C(OH)–C–C–N with tert-alkyl or cyclic N) is 1. The Hall–Kier alpha value is -2.12. The van der Waals surface area contributed by atoms with Crippen LogP contribution in [0.2, 0.25) is 0 Å². The number of carbonyl (C=O) groups is 1. The Morgan fingerprint density at radius 3 is 2.57 bits per heavy atom. The minimum absolute atomic E-state index is 0. The molecule has 1 aliphatic heterocycles. The lowest BCUT2D eigenvalue weighted by Crippen LogP contribution is -2.49. The van der Waals surface area contributed by atoms with Gasteiger partial charge in [-0.2, -0.15) is 5.26 Å². The van der Waals surface area contributed by atoms with Crippen LogP contribution in [0.1, 0.15) is 27.0 Å². The molecule has 28 heavy (non-hydrogen) atoms. The minimum Gasteiger partial charge on any atom is -0.506 e. The highest BCUT2D eigenvalue weighted by atomic mass is 35.5. The molecular weight excluding hydrogens is 404 g/mol. The Morgan fingerprint density at radius 2 is 2.04 bits per heavy atom. The first kappa shape index (κ1) is 23.9. The van der Waals surface area contributed by atoms with E-state index in [1.807, 2.05) is 6.07 Å². The predicted octanol–water partition coefficient (Wildman–Crippen LogP) is 1.85. The van der Waals surface area contributed by atoms with Gasteiger partial charge >= 0.3 is 5.97 Å². The van der Waals surface area contributed by atoms with Crippen molar-refractivity contribution < 1.29 is 19.7 Å². The van der Waals surface area contributed by atoms with Gasteiger partial charge in [-0.1, -0.05) is 0 Å². The standard InChI is InChI=1S/C18H24N4O4S.ClH/c1-3-26-18(25)15-12(2)27-14(16(15)24)10-13(11-19)17(20)22-6-4-21(5-7-22)8-9-23;/h10,20,23-24H,3-9H2,1-2H3;1H. The van der Waals surface area contributed by atoms with E-state index in [0.717, 1.165) is 0 Å². The van der Waals surface area contributed by atoms with Gasteiger partial charge in [-0.15, -0.1) is 23.7 Å². The van der Waals surface area contributed by atoms with E-state index in [2.05, 4.69) is 4.90 Å². The summed E-state index contributed by atoms with van der Waals surface area (Å²) in [6.07, 6.45) is 1.44. The number of piperazine rings is 1. The van der Waals surface area contributed by atoms with Crippen molar-refractivity contribution in [1.82, 2.24) is 9.80 Å². The maximum Gasteiger partial charge on any atom is 0.343 e. The molecule has 1 fully saturated rings. The average molecular weight is 429 g/mol. The maximum atomic E-state index is 12.0. The zero-order chi connectivity index (χ0) is 20.0. The van der Waals surface area contributed by atoms with Gasteiger partial charge in [-0.05, 0) is 19.9 Å². The monoisotopic (exact) mass is 428 g/mol. The van der Waals surface area contributed by atoms with Crippen molar-refractivity contribution in [2.45, 2.75) is 13.8 Å². The number of amidine groups is 1. The number of esters is 1. The van der Waals surface area contributed by atoms with Gasteiger partial charge in [0.15, 0.2) is 0 Å². The second kappa shape index (κ2) is 11.0. The molecule has 1 saturated heterocycles. The molecule has 8 nitrogen and oxygen atoms in total. The van der Waals surface area contributed by atoms with Crippen molar-refractivity contribution in [2.75, 3.05) is 45.9 Å². The quantitative estimate of drug-likeness (QED) is 0.273. The molecule has 0 bridgehead atoms. The third-order valence-electron chi connectivity index (χ3n) is 4.32. The van der Waals surface area contributed by atoms with Gasteiger partial charge in [0, 0.05) is 37.6 Å². The molecule has 1 aromatic rings. The van der Waals surface area contributed by atoms with Gasteiger partial charge in [0.2, 0.25) is 0 Å². The normalized spacial score (nSPS) is 14.9.